The Morgan fingerprint density at radius 3 is 1.20 bits per heavy atom. The Morgan fingerprint density at radius 2 is 0.809 bits per heavy atom. The van der Waals surface area contributed by atoms with Gasteiger partial charge in [0.25, 0.3) is 23.6 Å². The lowest BCUT2D eigenvalue weighted by Gasteiger charge is -2.27. The molecule has 4 aromatic carbocycles. The van der Waals surface area contributed by atoms with E-state index in [1.54, 1.807) is 48.6 Å². The number of benzene rings is 4. The number of rotatable bonds is 11. The van der Waals surface area contributed by atoms with Gasteiger partial charge < -0.3 is 64.0 Å². The van der Waals surface area contributed by atoms with Crippen molar-refractivity contribution in [1.82, 2.24) is 37.2 Å². The molecule has 0 aliphatic carbocycles. The zero-order chi connectivity index (χ0) is 81.1. The van der Waals surface area contributed by atoms with Crippen molar-refractivity contribution >= 4 is 104 Å². The van der Waals surface area contributed by atoms with Crippen LogP contribution in [-0.4, -0.2) is 141 Å². The summed E-state index contributed by atoms with van der Waals surface area (Å²) < 4.78 is 200. The highest BCUT2D eigenvalue weighted by atomic mass is 32.2. The number of carbonyl (C=O) groups excluding carboxylic acids is 4. The average molecular weight is 1610 g/mol. The third kappa shape index (κ3) is 17.8. The molecule has 0 spiro atoms. The lowest BCUT2D eigenvalue weighted by molar-refractivity contribution is 0.0837. The van der Waals surface area contributed by atoms with Gasteiger partial charge in [0.2, 0.25) is 57.2 Å². The van der Waals surface area contributed by atoms with Crippen LogP contribution in [-0.2, 0) is 74.7 Å². The topological polar surface area (TPSA) is 402 Å². The number of aromatic nitrogens is 4. The molecule has 8 heterocycles. The van der Waals surface area contributed by atoms with Gasteiger partial charge in [0.05, 0.1) is 51.1 Å². The summed E-state index contributed by atoms with van der Waals surface area (Å²) in [6.45, 7) is 30.2. The molecule has 7 atom stereocenters. The van der Waals surface area contributed by atoms with Crippen molar-refractivity contribution in [3.05, 3.63) is 189 Å². The first-order valence-corrected chi connectivity index (χ1v) is 38.8. The molecule has 0 bridgehead atoms. The summed E-state index contributed by atoms with van der Waals surface area (Å²) in [5, 5.41) is 29.1. The van der Waals surface area contributed by atoms with E-state index in [1.807, 2.05) is 0 Å². The number of anilines is 4. The Hall–Kier alpha value is -11.0. The molecular formula is C69H72F5N15O17S4. The lowest BCUT2D eigenvalue weighted by atomic mass is 10.0. The number of aryl methyl sites for hydroxylation is 4. The summed E-state index contributed by atoms with van der Waals surface area (Å²) in [6.07, 6.45) is 4.17. The normalized spacial score (nSPS) is 20.1. The molecule has 4 aliphatic rings. The molecule has 0 saturated carbocycles. The fraction of sp³-hybridized carbons (Fsp3) is 0.319. The SMILES string of the molecule is C[C@@H]1NS(=O)(=O)c2cn(C)c(C(=O)Nc3ccc(F)c(F)c3)c2O[C@@H]1C.[C-]#[N+]c1cc(NC(=O)c2c3c(cn2C)S(=O)(=O)N[C@@H](C)CC3)ccc1F.[C-]#[N+]c1cc(NC(=O)c2c3c(cn2C)S(=O)(=O)N[C@H](CO)[C@@H](C(C)C)O3)ccc1F.[C-]#[N+]c1cc(NC(=O)c2c3c(cn2C)S(=O)(=O)N[C@H](CO)[C@H](C)O3)ccc1F. The molecule has 110 heavy (non-hydrogen) atoms. The van der Waals surface area contributed by atoms with Gasteiger partial charge >= 0.3 is 0 Å². The molecule has 32 nitrogen and oxygen atoms in total. The standard InChI is InChI=1S/C19H21FN4O5S.C17H17FN4O5S.C17H17FN4O3S.C16H17F2N3O4S/c1-10(2)17-14(9-25)23-30(27,28)15-8-24(4)16(18(15)29-17)19(26)22-11-5-6-12(20)13(7-11)21-3;1-9-13(8-23)21-28(25,26)14-7-22(3)15(16(14)27-9)17(24)20-10-4-5-11(18)12(6-10)19-2;1-10-4-6-12-15(26(24,25)21-10)9-22(3)16(12)17(23)20-11-5-7-13(18)14(8-11)19-2;1-8-9(2)25-15-13(26(23,24)20-8)7-21(3)14(15)16(22)19-10-4-5-11(17)12(18)6-10/h5-8,10,14,17,23,25H,9H2,1-2,4H3,(H,22,26);4-7,9,13,21,23H,8H2,1,3H3,(H,20,24);5,7-10,21H,4,6H2,1,3H3,(H,20,23);4-9,20H,1-3H3,(H,19,22)/t14-,17-;9-,13+;10-;8-,9+/m1000/s1. The first-order valence-electron chi connectivity index (χ1n) is 32.9. The number of ether oxygens (including phenoxy) is 3. The maximum Gasteiger partial charge on any atom is 0.276 e. The minimum atomic E-state index is -4.06. The first-order chi connectivity index (χ1) is 51.6. The summed E-state index contributed by atoms with van der Waals surface area (Å²) in [5.74, 6) is -7.42. The van der Waals surface area contributed by atoms with Crippen LogP contribution in [0.4, 0.5) is 61.8 Å². The van der Waals surface area contributed by atoms with Crippen LogP contribution < -0.4 is 54.4 Å². The summed E-state index contributed by atoms with van der Waals surface area (Å²) >= 11 is 0. The van der Waals surface area contributed by atoms with Crippen LogP contribution in [0, 0.1) is 54.7 Å². The number of nitrogens with one attached hydrogen (secondary N) is 8. The largest absolute Gasteiger partial charge is 0.485 e. The molecule has 8 aromatic rings. The molecule has 4 amide bonds. The van der Waals surface area contributed by atoms with E-state index in [9.17, 15) is 85.0 Å². The second kappa shape index (κ2) is 33.0. The van der Waals surface area contributed by atoms with Gasteiger partial charge in [0, 0.05) is 93.4 Å². The van der Waals surface area contributed by atoms with Crippen molar-refractivity contribution in [2.75, 3.05) is 34.5 Å². The van der Waals surface area contributed by atoms with E-state index in [4.69, 9.17) is 33.9 Å². The fourth-order valence-electron chi connectivity index (χ4n) is 11.8. The Kier molecular flexibility index (Phi) is 24.9. The first kappa shape index (κ1) is 83.0. The predicted molar refractivity (Wildman–Crippen MR) is 388 cm³/mol. The number of fused-ring (bicyclic) bond motifs is 4. The van der Waals surface area contributed by atoms with Crippen LogP contribution in [0.1, 0.15) is 95.5 Å². The lowest BCUT2D eigenvalue weighted by Crippen LogP contribution is -2.48. The number of amides is 4. The highest BCUT2D eigenvalue weighted by Crippen LogP contribution is 2.39. The number of halogens is 5. The van der Waals surface area contributed by atoms with Crippen LogP contribution in [0.15, 0.2) is 117 Å². The molecule has 4 aromatic heterocycles. The van der Waals surface area contributed by atoms with Crippen molar-refractivity contribution in [2.24, 2.45) is 34.1 Å². The smallest absolute Gasteiger partial charge is 0.276 e. The van der Waals surface area contributed by atoms with Gasteiger partial charge in [-0.05, 0) is 113 Å². The molecular weight excluding hydrogens is 1530 g/mol. The van der Waals surface area contributed by atoms with Gasteiger partial charge in [0.15, 0.2) is 46.0 Å². The van der Waals surface area contributed by atoms with Gasteiger partial charge in [-0.2, -0.15) is 0 Å². The van der Waals surface area contributed by atoms with Crippen LogP contribution in [0.3, 0.4) is 0 Å². The maximum atomic E-state index is 13.5. The van der Waals surface area contributed by atoms with E-state index in [0.29, 0.717) is 18.4 Å². The van der Waals surface area contributed by atoms with E-state index in [-0.39, 0.29) is 111 Å². The van der Waals surface area contributed by atoms with Crippen molar-refractivity contribution in [1.29, 1.82) is 0 Å². The zero-order valence-electron chi connectivity index (χ0n) is 59.9. The fourth-order valence-corrected chi connectivity index (χ4v) is 17.7. The number of carbonyl (C=O) groups is 4. The zero-order valence-corrected chi connectivity index (χ0v) is 63.1. The van der Waals surface area contributed by atoms with E-state index < -0.39 is 142 Å². The average Bonchev–Trinajstić information content (AvgIpc) is 1.64. The highest BCUT2D eigenvalue weighted by molar-refractivity contribution is 7.90. The second-order valence-electron chi connectivity index (χ2n) is 25.8. The number of aliphatic hydroxyl groups is 2. The molecule has 0 saturated heterocycles. The third-order valence-corrected chi connectivity index (χ3v) is 23.6. The quantitative estimate of drug-likeness (QED) is 0.0433. The maximum absolute atomic E-state index is 13.5. The summed E-state index contributed by atoms with van der Waals surface area (Å²) in [4.78, 5) is 59.7. The minimum Gasteiger partial charge on any atom is -0.485 e. The Labute approximate surface area is 628 Å². The van der Waals surface area contributed by atoms with Crippen LogP contribution in [0.25, 0.3) is 14.5 Å². The second-order valence-corrected chi connectivity index (χ2v) is 32.6. The molecule has 41 heteroatoms. The van der Waals surface area contributed by atoms with E-state index in [1.165, 1.54) is 107 Å². The van der Waals surface area contributed by atoms with Crippen LogP contribution in [0.5, 0.6) is 17.2 Å². The molecule has 12 rings (SSSR count). The molecule has 10 N–H and O–H groups in total. The Bertz CT molecular complexity index is 5610. The monoisotopic (exact) mass is 1610 g/mol. The van der Waals surface area contributed by atoms with Gasteiger partial charge in [-0.1, -0.05) is 13.8 Å². The van der Waals surface area contributed by atoms with Gasteiger partial charge in [-0.15, -0.1) is 0 Å². The molecule has 0 radical (unpaired) electrons. The van der Waals surface area contributed by atoms with Crippen molar-refractivity contribution in [3.8, 4) is 17.2 Å². The highest BCUT2D eigenvalue weighted by Gasteiger charge is 2.42. The third-order valence-electron chi connectivity index (χ3n) is 17.4. The number of aliphatic hydroxyl groups excluding tert-OH is 2. The Balaban J connectivity index is 0.000000169. The van der Waals surface area contributed by atoms with Gasteiger partial charge in [-0.3, -0.25) is 19.2 Å². The Morgan fingerprint density at radius 1 is 0.473 bits per heavy atom. The molecule has 0 fully saturated rings. The summed E-state index contributed by atoms with van der Waals surface area (Å²) in [6, 6.07) is 11.1. The van der Waals surface area contributed by atoms with Gasteiger partial charge in [-0.25, -0.2) is 89.0 Å². The van der Waals surface area contributed by atoms with E-state index in [2.05, 4.69) is 54.7 Å². The molecule has 584 valence electrons. The number of nitrogens with zero attached hydrogens (tertiary/aromatic N) is 7. The van der Waals surface area contributed by atoms with Crippen molar-refractivity contribution < 1.29 is 99.2 Å². The number of hydrogen-bond donors (Lipinski definition) is 10. The van der Waals surface area contributed by atoms with Crippen molar-refractivity contribution in [3.63, 3.8) is 0 Å². The summed E-state index contributed by atoms with van der Waals surface area (Å²) in [5.41, 5.74) is 0.424. The number of hydrogen-bond acceptors (Lipinski definition) is 17. The van der Waals surface area contributed by atoms with Crippen molar-refractivity contribution in [2.45, 2.75) is 116 Å². The minimum absolute atomic E-state index is 0.0277. The molecule has 0 unspecified atom stereocenters. The van der Waals surface area contributed by atoms with Crippen LogP contribution in [0.2, 0.25) is 0 Å². The summed E-state index contributed by atoms with van der Waals surface area (Å²) in [7, 11) is -9.58. The number of sulfonamides is 4. The molecule has 4 aliphatic heterocycles. The van der Waals surface area contributed by atoms with E-state index >= 15 is 0 Å². The van der Waals surface area contributed by atoms with Gasteiger partial charge in [0.1, 0.15) is 61.0 Å². The predicted octanol–water partition coefficient (Wildman–Crippen LogP) is 7.99. The van der Waals surface area contributed by atoms with E-state index in [0.717, 1.165) is 30.3 Å². The van der Waals surface area contributed by atoms with Crippen LogP contribution >= 0.6 is 0 Å².